The quantitative estimate of drug-likeness (QED) is 0.492. The average Bonchev–Trinajstić information content (AvgIpc) is 2.87. The molecule has 94 valence electrons. The number of hydrogen-bond donors (Lipinski definition) is 0. The van der Waals surface area contributed by atoms with Gasteiger partial charge in [-0.25, -0.2) is 19.5 Å². The molecule has 0 aliphatic heterocycles. The molecule has 5 nitrogen and oxygen atoms in total. The van der Waals surface area contributed by atoms with Gasteiger partial charge in [0, 0.05) is 11.1 Å². The SMILES string of the molecule is Cc1cc(C)c2c(n1)sc1c2ncn2nc(C)nc12. The van der Waals surface area contributed by atoms with Gasteiger partial charge in [0.05, 0.1) is 5.52 Å². The Hall–Kier alpha value is -2.08. The van der Waals surface area contributed by atoms with Crippen molar-refractivity contribution in [1.29, 1.82) is 0 Å². The lowest BCUT2D eigenvalue weighted by atomic mass is 10.1. The number of nitrogens with zero attached hydrogens (tertiary/aromatic N) is 5. The van der Waals surface area contributed by atoms with Gasteiger partial charge in [0.25, 0.3) is 0 Å². The van der Waals surface area contributed by atoms with Crippen molar-refractivity contribution >= 4 is 37.4 Å². The molecule has 0 N–H and O–H groups in total. The van der Waals surface area contributed by atoms with Crippen molar-refractivity contribution in [3.63, 3.8) is 0 Å². The highest BCUT2D eigenvalue weighted by atomic mass is 32.1. The van der Waals surface area contributed by atoms with E-state index in [2.05, 4.69) is 33.0 Å². The Kier molecular flexibility index (Phi) is 1.98. The van der Waals surface area contributed by atoms with Crippen molar-refractivity contribution in [2.24, 2.45) is 0 Å². The third-order valence-corrected chi connectivity index (χ3v) is 4.27. The molecule has 0 radical (unpaired) electrons. The van der Waals surface area contributed by atoms with Crippen molar-refractivity contribution in [2.45, 2.75) is 20.8 Å². The van der Waals surface area contributed by atoms with E-state index in [-0.39, 0.29) is 0 Å². The molecule has 4 heterocycles. The predicted molar refractivity (Wildman–Crippen MR) is 75.7 cm³/mol. The lowest BCUT2D eigenvalue weighted by molar-refractivity contribution is 0.910. The highest BCUT2D eigenvalue weighted by molar-refractivity contribution is 7.26. The first-order valence-electron chi connectivity index (χ1n) is 6.02. The highest BCUT2D eigenvalue weighted by Crippen LogP contribution is 2.35. The van der Waals surface area contributed by atoms with E-state index >= 15 is 0 Å². The molecular formula is C13H11N5S. The normalized spacial score (nSPS) is 11.9. The molecule has 0 aliphatic rings. The minimum absolute atomic E-state index is 0.757. The van der Waals surface area contributed by atoms with E-state index in [4.69, 9.17) is 0 Å². The fourth-order valence-electron chi connectivity index (χ4n) is 2.48. The second kappa shape index (κ2) is 3.48. The molecule has 0 aromatic carbocycles. The summed E-state index contributed by atoms with van der Waals surface area (Å²) < 4.78 is 2.79. The molecule has 0 atom stereocenters. The van der Waals surface area contributed by atoms with Crippen molar-refractivity contribution in [1.82, 2.24) is 24.6 Å². The second-order valence-electron chi connectivity index (χ2n) is 4.71. The van der Waals surface area contributed by atoms with E-state index in [1.54, 1.807) is 22.2 Å². The fourth-order valence-corrected chi connectivity index (χ4v) is 3.70. The summed E-state index contributed by atoms with van der Waals surface area (Å²) in [5, 5.41) is 5.44. The van der Waals surface area contributed by atoms with Crippen LogP contribution < -0.4 is 0 Å². The van der Waals surface area contributed by atoms with Crippen molar-refractivity contribution in [3.8, 4) is 0 Å². The van der Waals surface area contributed by atoms with Crippen LogP contribution in [0.1, 0.15) is 17.1 Å². The van der Waals surface area contributed by atoms with Crippen LogP contribution in [0.3, 0.4) is 0 Å². The van der Waals surface area contributed by atoms with Gasteiger partial charge in [-0.2, -0.15) is 5.10 Å². The molecule has 0 spiro atoms. The number of fused-ring (bicyclic) bond motifs is 5. The molecule has 6 heteroatoms. The standard InChI is InChI=1S/C13H11N5S/c1-6-4-7(2)15-13-9(6)10-11(19-13)12-16-8(3)17-18(12)5-14-10/h4-5H,1-3H3. The molecule has 0 aliphatic carbocycles. The zero-order chi connectivity index (χ0) is 13.1. The molecule has 4 aromatic heterocycles. The lowest BCUT2D eigenvalue weighted by Gasteiger charge is -1.98. The third kappa shape index (κ3) is 1.40. The minimum atomic E-state index is 0.757. The van der Waals surface area contributed by atoms with Crippen molar-refractivity contribution in [3.05, 3.63) is 29.5 Å². The van der Waals surface area contributed by atoms with Crippen LogP contribution in [0.15, 0.2) is 12.4 Å². The van der Waals surface area contributed by atoms with E-state index in [0.717, 1.165) is 37.6 Å². The summed E-state index contributed by atoms with van der Waals surface area (Å²) in [5.74, 6) is 0.757. The Morgan fingerprint density at radius 2 is 2.00 bits per heavy atom. The fraction of sp³-hybridized carbons (Fsp3) is 0.231. The number of aromatic nitrogens is 5. The van der Waals surface area contributed by atoms with Crippen LogP contribution in [0.4, 0.5) is 0 Å². The predicted octanol–water partition coefficient (Wildman–Crippen LogP) is 2.81. The van der Waals surface area contributed by atoms with Crippen molar-refractivity contribution < 1.29 is 0 Å². The van der Waals surface area contributed by atoms with Crippen molar-refractivity contribution in [2.75, 3.05) is 0 Å². The smallest absolute Gasteiger partial charge is 0.176 e. The average molecular weight is 269 g/mol. The highest BCUT2D eigenvalue weighted by Gasteiger charge is 2.15. The van der Waals surface area contributed by atoms with Gasteiger partial charge in [0.2, 0.25) is 0 Å². The van der Waals surface area contributed by atoms with Gasteiger partial charge in [-0.3, -0.25) is 0 Å². The molecule has 4 aromatic rings. The Bertz CT molecular complexity index is 950. The van der Waals surface area contributed by atoms with Gasteiger partial charge in [-0.05, 0) is 32.4 Å². The molecular weight excluding hydrogens is 258 g/mol. The molecule has 4 rings (SSSR count). The summed E-state index contributed by atoms with van der Waals surface area (Å²) in [6.07, 6.45) is 1.73. The molecule has 0 bridgehead atoms. The third-order valence-electron chi connectivity index (χ3n) is 3.20. The number of rotatable bonds is 0. The monoisotopic (exact) mass is 269 g/mol. The molecule has 0 saturated carbocycles. The first-order chi connectivity index (χ1) is 9.13. The second-order valence-corrected chi connectivity index (χ2v) is 5.71. The van der Waals surface area contributed by atoms with Gasteiger partial charge in [-0.1, -0.05) is 0 Å². The zero-order valence-electron chi connectivity index (χ0n) is 10.8. The first-order valence-corrected chi connectivity index (χ1v) is 6.83. The molecule has 19 heavy (non-hydrogen) atoms. The summed E-state index contributed by atoms with van der Waals surface area (Å²) in [5.41, 5.74) is 4.08. The Labute approximate surface area is 112 Å². The number of thiophene rings is 1. The summed E-state index contributed by atoms with van der Waals surface area (Å²) in [4.78, 5) is 14.6. The molecule has 0 unspecified atom stereocenters. The van der Waals surface area contributed by atoms with E-state index in [1.165, 1.54) is 5.56 Å². The molecule has 0 amide bonds. The van der Waals surface area contributed by atoms with Crippen LogP contribution in [0.25, 0.3) is 26.1 Å². The topological polar surface area (TPSA) is 56.0 Å². The van der Waals surface area contributed by atoms with Crippen LogP contribution >= 0.6 is 11.3 Å². The maximum atomic E-state index is 4.61. The number of hydrogen-bond acceptors (Lipinski definition) is 5. The Morgan fingerprint density at radius 1 is 1.16 bits per heavy atom. The van der Waals surface area contributed by atoms with Crippen LogP contribution in [-0.4, -0.2) is 24.6 Å². The molecule has 0 fully saturated rings. The van der Waals surface area contributed by atoms with Crippen LogP contribution in [0, 0.1) is 20.8 Å². The van der Waals surface area contributed by atoms with E-state index in [0.29, 0.717) is 0 Å². The van der Waals surface area contributed by atoms with Gasteiger partial charge >= 0.3 is 0 Å². The lowest BCUT2D eigenvalue weighted by Crippen LogP contribution is -1.89. The summed E-state index contributed by atoms with van der Waals surface area (Å²) in [6.45, 7) is 6.00. The Balaban J connectivity index is 2.30. The van der Waals surface area contributed by atoms with Crippen LogP contribution in [0.2, 0.25) is 0 Å². The number of aryl methyl sites for hydroxylation is 3. The number of pyridine rings is 1. The maximum Gasteiger partial charge on any atom is 0.176 e. The van der Waals surface area contributed by atoms with E-state index < -0.39 is 0 Å². The minimum Gasteiger partial charge on any atom is -0.242 e. The van der Waals surface area contributed by atoms with Crippen LogP contribution in [0.5, 0.6) is 0 Å². The zero-order valence-corrected chi connectivity index (χ0v) is 11.6. The summed E-state index contributed by atoms with van der Waals surface area (Å²) >= 11 is 1.64. The van der Waals surface area contributed by atoms with E-state index in [1.807, 2.05) is 13.8 Å². The van der Waals surface area contributed by atoms with Gasteiger partial charge < -0.3 is 0 Å². The largest absolute Gasteiger partial charge is 0.242 e. The van der Waals surface area contributed by atoms with Crippen LogP contribution in [-0.2, 0) is 0 Å². The summed E-state index contributed by atoms with van der Waals surface area (Å²) in [6, 6.07) is 2.09. The Morgan fingerprint density at radius 3 is 2.84 bits per heavy atom. The van der Waals surface area contributed by atoms with Gasteiger partial charge in [0.15, 0.2) is 5.65 Å². The first kappa shape index (κ1) is 10.8. The molecule has 0 saturated heterocycles. The van der Waals surface area contributed by atoms with E-state index in [9.17, 15) is 0 Å². The van der Waals surface area contributed by atoms with Gasteiger partial charge in [0.1, 0.15) is 21.7 Å². The maximum absolute atomic E-state index is 4.61. The summed E-state index contributed by atoms with van der Waals surface area (Å²) in [7, 11) is 0. The van der Waals surface area contributed by atoms with Gasteiger partial charge in [-0.15, -0.1) is 11.3 Å².